The van der Waals surface area contributed by atoms with Gasteiger partial charge < -0.3 is 0 Å². The third kappa shape index (κ3) is 2.96. The van der Waals surface area contributed by atoms with Crippen LogP contribution in [0, 0.1) is 0 Å². The Balaban J connectivity index is 2.81. The van der Waals surface area contributed by atoms with Crippen molar-refractivity contribution < 1.29 is 8.78 Å². The second-order valence-corrected chi connectivity index (χ2v) is 3.80. The van der Waals surface area contributed by atoms with Crippen molar-refractivity contribution >= 4 is 11.6 Å². The quantitative estimate of drug-likeness (QED) is 0.657. The maximum atomic E-state index is 13.3. The minimum atomic E-state index is -2.82. The van der Waals surface area contributed by atoms with Gasteiger partial charge in [-0.2, -0.15) is 0 Å². The first-order valence-corrected chi connectivity index (χ1v) is 4.53. The van der Waals surface area contributed by atoms with Gasteiger partial charge in [-0.1, -0.05) is 30.3 Å². The highest BCUT2D eigenvalue weighted by molar-refractivity contribution is 6.20. The molecule has 1 unspecified atom stereocenters. The molecule has 0 saturated carbocycles. The van der Waals surface area contributed by atoms with Crippen LogP contribution < -0.4 is 0 Å². The molecule has 0 nitrogen and oxygen atoms in total. The van der Waals surface area contributed by atoms with Gasteiger partial charge in [0.25, 0.3) is 5.92 Å². The lowest BCUT2D eigenvalue weighted by Crippen LogP contribution is -2.17. The summed E-state index contributed by atoms with van der Waals surface area (Å²) in [5.41, 5.74) is 0.0301. The molecule has 13 heavy (non-hydrogen) atoms. The van der Waals surface area contributed by atoms with E-state index in [1.165, 1.54) is 12.1 Å². The summed E-state index contributed by atoms with van der Waals surface area (Å²) in [5.74, 6) is -2.82. The molecule has 1 aromatic carbocycles. The zero-order chi connectivity index (χ0) is 9.90. The average Bonchev–Trinajstić information content (AvgIpc) is 2.04. The molecule has 0 fully saturated rings. The Kier molecular flexibility index (Phi) is 3.26. The molecule has 0 spiro atoms. The van der Waals surface area contributed by atoms with Crippen molar-refractivity contribution in [3.8, 4) is 0 Å². The first-order valence-electron chi connectivity index (χ1n) is 4.10. The van der Waals surface area contributed by atoms with Crippen LogP contribution in [0.1, 0.15) is 18.9 Å². The normalized spacial score (nSPS) is 14.2. The average molecular weight is 205 g/mol. The molecule has 1 atom stereocenters. The van der Waals surface area contributed by atoms with Gasteiger partial charge in [-0.3, -0.25) is 0 Å². The van der Waals surface area contributed by atoms with Gasteiger partial charge >= 0.3 is 0 Å². The molecule has 0 amide bonds. The summed E-state index contributed by atoms with van der Waals surface area (Å²) in [4.78, 5) is 0. The standard InChI is InChI=1S/C10H11ClF2/c1-8(11)7-10(12,13)9-5-3-2-4-6-9/h2-6,8H,7H2,1H3. The van der Waals surface area contributed by atoms with Crippen LogP contribution in [-0.2, 0) is 5.92 Å². The van der Waals surface area contributed by atoms with E-state index in [4.69, 9.17) is 11.6 Å². The molecular formula is C10H11ClF2. The fourth-order valence-electron chi connectivity index (χ4n) is 1.15. The minimum Gasteiger partial charge on any atom is -0.201 e. The Labute approximate surface area is 81.5 Å². The van der Waals surface area contributed by atoms with Crippen LogP contribution in [0.25, 0.3) is 0 Å². The summed E-state index contributed by atoms with van der Waals surface area (Å²) in [6, 6.07) is 7.74. The van der Waals surface area contributed by atoms with Gasteiger partial charge in [0, 0.05) is 17.4 Å². The van der Waals surface area contributed by atoms with E-state index in [0.717, 1.165) is 0 Å². The lowest BCUT2D eigenvalue weighted by Gasteiger charge is -2.17. The van der Waals surface area contributed by atoms with Crippen LogP contribution in [0.3, 0.4) is 0 Å². The second kappa shape index (κ2) is 4.05. The SMILES string of the molecule is CC(Cl)CC(F)(F)c1ccccc1. The molecule has 0 saturated heterocycles. The summed E-state index contributed by atoms with van der Waals surface area (Å²) in [6.07, 6.45) is -0.321. The Morgan fingerprint density at radius 1 is 1.31 bits per heavy atom. The third-order valence-electron chi connectivity index (χ3n) is 1.73. The molecular weight excluding hydrogens is 194 g/mol. The number of hydrogen-bond acceptors (Lipinski definition) is 0. The minimum absolute atomic E-state index is 0.0301. The van der Waals surface area contributed by atoms with Crippen molar-refractivity contribution in [2.24, 2.45) is 0 Å². The van der Waals surface area contributed by atoms with Gasteiger partial charge in [0.2, 0.25) is 0 Å². The molecule has 0 radical (unpaired) electrons. The largest absolute Gasteiger partial charge is 0.274 e. The van der Waals surface area contributed by atoms with E-state index in [1.807, 2.05) is 0 Å². The van der Waals surface area contributed by atoms with Crippen LogP contribution in [0.15, 0.2) is 30.3 Å². The number of alkyl halides is 3. The van der Waals surface area contributed by atoms with E-state index < -0.39 is 11.3 Å². The molecule has 0 heterocycles. The van der Waals surface area contributed by atoms with Crippen LogP contribution in [0.4, 0.5) is 8.78 Å². The van der Waals surface area contributed by atoms with E-state index in [1.54, 1.807) is 25.1 Å². The Morgan fingerprint density at radius 3 is 2.31 bits per heavy atom. The fraction of sp³-hybridized carbons (Fsp3) is 0.400. The summed E-state index contributed by atoms with van der Waals surface area (Å²) in [7, 11) is 0. The molecule has 0 aromatic heterocycles. The van der Waals surface area contributed by atoms with E-state index >= 15 is 0 Å². The molecule has 72 valence electrons. The van der Waals surface area contributed by atoms with Crippen LogP contribution in [-0.4, -0.2) is 5.38 Å². The summed E-state index contributed by atoms with van der Waals surface area (Å²) < 4.78 is 26.6. The Bertz CT molecular complexity index is 257. The van der Waals surface area contributed by atoms with E-state index in [9.17, 15) is 8.78 Å². The molecule has 0 bridgehead atoms. The van der Waals surface area contributed by atoms with Crippen molar-refractivity contribution in [3.05, 3.63) is 35.9 Å². The molecule has 0 aliphatic rings. The van der Waals surface area contributed by atoms with Gasteiger partial charge in [-0.05, 0) is 6.92 Å². The lowest BCUT2D eigenvalue weighted by molar-refractivity contribution is -0.0130. The topological polar surface area (TPSA) is 0 Å². The monoisotopic (exact) mass is 204 g/mol. The predicted molar refractivity (Wildman–Crippen MR) is 50.3 cm³/mol. The van der Waals surface area contributed by atoms with Gasteiger partial charge in [0.15, 0.2) is 0 Å². The van der Waals surface area contributed by atoms with Crippen molar-refractivity contribution in [2.75, 3.05) is 0 Å². The third-order valence-corrected chi connectivity index (χ3v) is 1.89. The zero-order valence-corrected chi connectivity index (χ0v) is 8.06. The smallest absolute Gasteiger partial charge is 0.201 e. The van der Waals surface area contributed by atoms with Crippen molar-refractivity contribution in [2.45, 2.75) is 24.6 Å². The zero-order valence-electron chi connectivity index (χ0n) is 7.31. The Morgan fingerprint density at radius 2 is 1.85 bits per heavy atom. The van der Waals surface area contributed by atoms with Gasteiger partial charge in [0.05, 0.1) is 0 Å². The molecule has 0 N–H and O–H groups in total. The van der Waals surface area contributed by atoms with Gasteiger partial charge in [-0.15, -0.1) is 11.6 Å². The first-order chi connectivity index (χ1) is 6.02. The lowest BCUT2D eigenvalue weighted by atomic mass is 10.0. The van der Waals surface area contributed by atoms with Crippen LogP contribution in [0.2, 0.25) is 0 Å². The van der Waals surface area contributed by atoms with Gasteiger partial charge in [-0.25, -0.2) is 8.78 Å². The summed E-state index contributed by atoms with van der Waals surface area (Å²) in [6.45, 7) is 1.57. The van der Waals surface area contributed by atoms with Crippen LogP contribution >= 0.6 is 11.6 Å². The molecule has 1 aromatic rings. The first kappa shape index (κ1) is 10.5. The second-order valence-electron chi connectivity index (χ2n) is 3.06. The molecule has 1 rings (SSSR count). The highest BCUT2D eigenvalue weighted by Crippen LogP contribution is 2.33. The highest BCUT2D eigenvalue weighted by Gasteiger charge is 2.32. The highest BCUT2D eigenvalue weighted by atomic mass is 35.5. The van der Waals surface area contributed by atoms with E-state index in [-0.39, 0.29) is 12.0 Å². The maximum Gasteiger partial charge on any atom is 0.274 e. The van der Waals surface area contributed by atoms with Crippen molar-refractivity contribution in [3.63, 3.8) is 0 Å². The van der Waals surface area contributed by atoms with E-state index in [2.05, 4.69) is 0 Å². The molecule has 3 heteroatoms. The fourth-order valence-corrected chi connectivity index (χ4v) is 1.35. The Hall–Kier alpha value is -0.630. The maximum absolute atomic E-state index is 13.3. The predicted octanol–water partition coefficient (Wildman–Crippen LogP) is 3.80. The van der Waals surface area contributed by atoms with Crippen molar-refractivity contribution in [1.29, 1.82) is 0 Å². The van der Waals surface area contributed by atoms with Gasteiger partial charge in [0.1, 0.15) is 0 Å². The number of hydrogen-bond donors (Lipinski definition) is 0. The summed E-state index contributed by atoms with van der Waals surface area (Å²) in [5, 5.41) is -0.518. The van der Waals surface area contributed by atoms with Crippen molar-refractivity contribution in [1.82, 2.24) is 0 Å². The summed E-state index contributed by atoms with van der Waals surface area (Å²) >= 11 is 5.53. The molecule has 0 aliphatic heterocycles. The number of halogens is 3. The van der Waals surface area contributed by atoms with Crippen LogP contribution in [0.5, 0.6) is 0 Å². The molecule has 0 aliphatic carbocycles. The number of benzene rings is 1. The number of rotatable bonds is 3. The van der Waals surface area contributed by atoms with E-state index in [0.29, 0.717) is 0 Å².